The van der Waals surface area contributed by atoms with Gasteiger partial charge in [0, 0.05) is 18.4 Å². The largest absolute Gasteiger partial charge is 0.345 e. The van der Waals surface area contributed by atoms with Gasteiger partial charge in [-0.2, -0.15) is 0 Å². The predicted octanol–water partition coefficient (Wildman–Crippen LogP) is 6.97. The summed E-state index contributed by atoms with van der Waals surface area (Å²) in [6.07, 6.45) is 0. The monoisotopic (exact) mass is 362 g/mol. The molecule has 3 rings (SSSR count). The van der Waals surface area contributed by atoms with Gasteiger partial charge in [-0.25, -0.2) is 4.31 Å². The van der Waals surface area contributed by atoms with Crippen LogP contribution in [0.15, 0.2) is 84.9 Å². The normalized spacial score (nSPS) is 11.8. The van der Waals surface area contributed by atoms with Crippen molar-refractivity contribution >= 4 is 34.1 Å². The molecule has 0 bridgehead atoms. The summed E-state index contributed by atoms with van der Waals surface area (Å²) in [6.45, 7) is 0. The lowest BCUT2D eigenvalue weighted by Crippen LogP contribution is -2.15. The van der Waals surface area contributed by atoms with Crippen molar-refractivity contribution in [2.45, 2.75) is 0 Å². The maximum atomic E-state index is 13.7. The smallest absolute Gasteiger partial charge is 0.306 e. The fourth-order valence-corrected chi connectivity index (χ4v) is 3.29. The van der Waals surface area contributed by atoms with Crippen LogP contribution < -0.4 is 9.21 Å². The first kappa shape index (κ1) is 17.2. The van der Waals surface area contributed by atoms with Crippen LogP contribution in [0.4, 0.5) is 34.4 Å². The van der Waals surface area contributed by atoms with Crippen molar-refractivity contribution in [3.63, 3.8) is 0 Å². The Labute approximate surface area is 147 Å². The van der Waals surface area contributed by atoms with Crippen LogP contribution in [-0.4, -0.2) is 7.05 Å². The van der Waals surface area contributed by atoms with E-state index in [4.69, 9.17) is 0 Å². The zero-order valence-corrected chi connectivity index (χ0v) is 14.3. The second kappa shape index (κ2) is 7.11. The second-order valence-corrected chi connectivity index (χ2v) is 6.56. The van der Waals surface area contributed by atoms with E-state index in [0.29, 0.717) is 9.99 Å². The molecule has 0 aliphatic carbocycles. The Balaban J connectivity index is 2.02. The van der Waals surface area contributed by atoms with Crippen LogP contribution in [0, 0.1) is 0 Å². The van der Waals surface area contributed by atoms with Crippen LogP contribution in [-0.2, 0) is 0 Å². The molecule has 130 valence electrons. The summed E-state index contributed by atoms with van der Waals surface area (Å²) < 4.78 is 41.7. The lowest BCUT2D eigenvalue weighted by Gasteiger charge is -2.30. The number of anilines is 4. The minimum atomic E-state index is -5.46. The van der Waals surface area contributed by atoms with Crippen LogP contribution in [0.3, 0.4) is 0 Å². The zero-order chi connectivity index (χ0) is 17.9. The molecule has 0 radical (unpaired) electrons. The molecule has 0 aliphatic heterocycles. The van der Waals surface area contributed by atoms with Gasteiger partial charge in [-0.05, 0) is 42.5 Å². The number of hydrogen-bond donors (Lipinski definition) is 0. The van der Waals surface area contributed by atoms with Crippen molar-refractivity contribution in [3.05, 3.63) is 84.9 Å². The second-order valence-electron chi connectivity index (χ2n) is 5.43. The molecular weight excluding hydrogens is 345 g/mol. The molecule has 0 aliphatic rings. The van der Waals surface area contributed by atoms with Gasteiger partial charge in [0.05, 0.1) is 11.4 Å². The maximum absolute atomic E-state index is 13.7. The van der Waals surface area contributed by atoms with E-state index in [2.05, 4.69) is 0 Å². The van der Waals surface area contributed by atoms with Crippen molar-refractivity contribution in [3.8, 4) is 0 Å². The van der Waals surface area contributed by atoms with E-state index >= 15 is 0 Å². The van der Waals surface area contributed by atoms with Gasteiger partial charge in [0.2, 0.25) is 0 Å². The summed E-state index contributed by atoms with van der Waals surface area (Å²) in [5, 5.41) is 0. The lowest BCUT2D eigenvalue weighted by atomic mass is 10.2. The van der Waals surface area contributed by atoms with Crippen LogP contribution in [0.25, 0.3) is 0 Å². The van der Waals surface area contributed by atoms with Crippen molar-refractivity contribution in [2.24, 2.45) is 0 Å². The molecule has 0 saturated carbocycles. The van der Waals surface area contributed by atoms with Crippen molar-refractivity contribution < 1.29 is 11.7 Å². The Morgan fingerprint density at radius 2 is 1.08 bits per heavy atom. The molecule has 0 heterocycles. The van der Waals surface area contributed by atoms with Gasteiger partial charge in [0.1, 0.15) is 0 Å². The van der Waals surface area contributed by atoms with Crippen LogP contribution in [0.2, 0.25) is 0 Å². The fourth-order valence-electron chi connectivity index (χ4n) is 2.58. The van der Waals surface area contributed by atoms with E-state index in [0.717, 1.165) is 5.69 Å². The van der Waals surface area contributed by atoms with Gasteiger partial charge in [0.25, 0.3) is 0 Å². The summed E-state index contributed by atoms with van der Waals surface area (Å²) in [5.74, 6) is 0. The molecule has 0 aromatic heterocycles. The van der Waals surface area contributed by atoms with E-state index in [9.17, 15) is 11.7 Å². The van der Waals surface area contributed by atoms with Crippen LogP contribution >= 0.6 is 11.4 Å². The quantitative estimate of drug-likeness (QED) is 0.484. The fraction of sp³-hybridized carbons (Fsp3) is 0.0526. The van der Waals surface area contributed by atoms with E-state index in [1.165, 1.54) is 18.2 Å². The molecule has 0 amide bonds. The van der Waals surface area contributed by atoms with Crippen molar-refractivity contribution in [1.82, 2.24) is 0 Å². The summed E-state index contributed by atoms with van der Waals surface area (Å²) in [7, 11) is 1.84. The molecule has 3 aromatic rings. The van der Waals surface area contributed by atoms with Gasteiger partial charge < -0.3 is 4.90 Å². The molecular formula is C19H17F3N2S. The van der Waals surface area contributed by atoms with E-state index in [-0.39, 0.29) is 11.4 Å². The lowest BCUT2D eigenvalue weighted by molar-refractivity contribution is 0.633. The molecule has 0 atom stereocenters. The minimum Gasteiger partial charge on any atom is -0.345 e. The highest BCUT2D eigenvalue weighted by atomic mass is 32.3. The topological polar surface area (TPSA) is 6.48 Å². The Kier molecular flexibility index (Phi) is 4.90. The highest BCUT2D eigenvalue weighted by molar-refractivity contribution is 8.22. The SMILES string of the molecule is CN(c1ccccc1)c1cccc(N(c2ccccc2)S(F)(F)F)c1. The van der Waals surface area contributed by atoms with Crippen LogP contribution in [0.1, 0.15) is 0 Å². The molecule has 2 nitrogen and oxygen atoms in total. The Hall–Kier alpha value is -2.60. The van der Waals surface area contributed by atoms with Crippen molar-refractivity contribution in [1.29, 1.82) is 0 Å². The minimum absolute atomic E-state index is 0.106. The van der Waals surface area contributed by atoms with E-state index in [1.54, 1.807) is 36.4 Å². The Bertz CT molecular complexity index is 823. The van der Waals surface area contributed by atoms with Gasteiger partial charge in [-0.15, -0.1) is 11.7 Å². The van der Waals surface area contributed by atoms with Crippen molar-refractivity contribution in [2.75, 3.05) is 16.3 Å². The summed E-state index contributed by atoms with van der Waals surface area (Å²) in [4.78, 5) is 1.86. The predicted molar refractivity (Wildman–Crippen MR) is 100 cm³/mol. The average Bonchev–Trinajstić information content (AvgIpc) is 2.62. The number of benzene rings is 3. The highest BCUT2D eigenvalue weighted by Gasteiger charge is 2.33. The molecule has 0 spiro atoms. The van der Waals surface area contributed by atoms with Crippen LogP contribution in [0.5, 0.6) is 0 Å². The highest BCUT2D eigenvalue weighted by Crippen LogP contribution is 2.61. The van der Waals surface area contributed by atoms with E-state index < -0.39 is 11.4 Å². The summed E-state index contributed by atoms with van der Waals surface area (Å²) >= 11 is -5.46. The third-order valence-electron chi connectivity index (χ3n) is 3.79. The van der Waals surface area contributed by atoms with Gasteiger partial charge in [-0.1, -0.05) is 42.5 Å². The number of rotatable bonds is 5. The number of nitrogens with zero attached hydrogens (tertiary/aromatic N) is 2. The third kappa shape index (κ3) is 3.91. The van der Waals surface area contributed by atoms with Gasteiger partial charge in [-0.3, -0.25) is 0 Å². The molecule has 0 fully saturated rings. The molecule has 0 N–H and O–H groups in total. The molecule has 0 unspecified atom stereocenters. The Morgan fingerprint density at radius 3 is 1.64 bits per heavy atom. The Morgan fingerprint density at radius 1 is 0.600 bits per heavy atom. The van der Waals surface area contributed by atoms with Gasteiger partial charge >= 0.3 is 11.4 Å². The average molecular weight is 362 g/mol. The molecule has 3 aromatic carbocycles. The number of para-hydroxylation sites is 2. The molecule has 6 heteroatoms. The summed E-state index contributed by atoms with van der Waals surface area (Å²) in [6, 6.07) is 23.8. The first-order valence-corrected chi connectivity index (χ1v) is 8.92. The maximum Gasteiger partial charge on any atom is 0.306 e. The third-order valence-corrected chi connectivity index (χ3v) is 4.63. The first-order chi connectivity index (χ1) is 12.0. The standard InChI is InChI=1S/C19H17F3N2S/c1-23(16-9-4-2-5-10-16)18-13-8-14-19(15-18)24(25(20,21)22)17-11-6-3-7-12-17/h2-15H,1H3. The summed E-state index contributed by atoms with van der Waals surface area (Å²) in [5.41, 5.74) is 1.82. The number of hydrogen-bond acceptors (Lipinski definition) is 2. The first-order valence-electron chi connectivity index (χ1n) is 7.63. The molecule has 0 saturated heterocycles. The van der Waals surface area contributed by atoms with Gasteiger partial charge in [0.15, 0.2) is 0 Å². The zero-order valence-electron chi connectivity index (χ0n) is 13.5. The number of halogens is 3. The van der Waals surface area contributed by atoms with E-state index in [1.807, 2.05) is 42.3 Å². The molecule has 25 heavy (non-hydrogen) atoms.